The molecule has 6 heteroatoms. The third kappa shape index (κ3) is 3.29. The van der Waals surface area contributed by atoms with Gasteiger partial charge >= 0.3 is 0 Å². The van der Waals surface area contributed by atoms with Crippen molar-refractivity contribution in [1.29, 1.82) is 0 Å². The molecule has 0 heterocycles. The zero-order chi connectivity index (χ0) is 14.7. The van der Waals surface area contributed by atoms with E-state index < -0.39 is 4.92 Å². The predicted octanol–water partition coefficient (Wildman–Crippen LogP) is 4.93. The number of benzene rings is 2. The number of rotatable bonds is 4. The molecular formula is C14H12BrClN2O2. The first-order chi connectivity index (χ1) is 9.49. The van der Waals surface area contributed by atoms with Crippen LogP contribution < -0.4 is 5.32 Å². The molecule has 20 heavy (non-hydrogen) atoms. The maximum atomic E-state index is 10.8. The van der Waals surface area contributed by atoms with Gasteiger partial charge in [0.05, 0.1) is 4.92 Å². The number of nitro groups is 1. The number of nitrogens with one attached hydrogen (secondary N) is 1. The number of hydrogen-bond donors (Lipinski definition) is 1. The average molecular weight is 356 g/mol. The summed E-state index contributed by atoms with van der Waals surface area (Å²) in [6, 6.07) is 10.7. The fourth-order valence-corrected chi connectivity index (χ4v) is 2.38. The molecule has 0 saturated heterocycles. The number of anilines is 1. The predicted molar refractivity (Wildman–Crippen MR) is 84.3 cm³/mol. The van der Waals surface area contributed by atoms with E-state index in [9.17, 15) is 10.1 Å². The summed E-state index contributed by atoms with van der Waals surface area (Å²) in [5, 5.41) is 14.2. The third-order valence-corrected chi connectivity index (χ3v) is 4.25. The fraction of sp³-hybridized carbons (Fsp3) is 0.143. The summed E-state index contributed by atoms with van der Waals surface area (Å²) in [5.74, 6) is 0. The summed E-state index contributed by atoms with van der Waals surface area (Å²) in [6.07, 6.45) is 0. The minimum atomic E-state index is -0.478. The first-order valence-corrected chi connectivity index (χ1v) is 7.08. The summed E-state index contributed by atoms with van der Waals surface area (Å²) in [6.45, 7) is 2.49. The van der Waals surface area contributed by atoms with E-state index in [1.54, 1.807) is 12.1 Å². The monoisotopic (exact) mass is 354 g/mol. The molecule has 1 N–H and O–H groups in total. The van der Waals surface area contributed by atoms with E-state index in [4.69, 9.17) is 11.6 Å². The van der Waals surface area contributed by atoms with Crippen LogP contribution in [0.1, 0.15) is 11.1 Å². The van der Waals surface area contributed by atoms with E-state index in [0.717, 1.165) is 21.3 Å². The standard InChI is InChI=1S/C14H12BrClN2O2/c1-9-3-2-4-12(14(9)15)17-8-10-5-6-11(16)13(7-10)18(19)20/h2-7,17H,8H2,1H3. The summed E-state index contributed by atoms with van der Waals surface area (Å²) >= 11 is 9.30. The summed E-state index contributed by atoms with van der Waals surface area (Å²) < 4.78 is 0.989. The van der Waals surface area contributed by atoms with Crippen LogP contribution >= 0.6 is 27.5 Å². The molecule has 0 aromatic heterocycles. The van der Waals surface area contributed by atoms with Gasteiger partial charge in [0.25, 0.3) is 5.69 Å². The first-order valence-electron chi connectivity index (χ1n) is 5.91. The summed E-state index contributed by atoms with van der Waals surface area (Å²) in [4.78, 5) is 10.4. The number of nitro benzene ring substituents is 1. The Kier molecular flexibility index (Phi) is 4.62. The van der Waals surface area contributed by atoms with Gasteiger partial charge in [-0.2, -0.15) is 0 Å². The quantitative estimate of drug-likeness (QED) is 0.625. The molecule has 0 bridgehead atoms. The SMILES string of the molecule is Cc1cccc(NCc2ccc(Cl)c([N+](=O)[O-])c2)c1Br. The van der Waals surface area contributed by atoms with E-state index in [1.807, 2.05) is 25.1 Å². The van der Waals surface area contributed by atoms with Gasteiger partial charge in [-0.3, -0.25) is 10.1 Å². The van der Waals surface area contributed by atoms with E-state index in [2.05, 4.69) is 21.2 Å². The molecule has 0 saturated carbocycles. The van der Waals surface area contributed by atoms with Crippen LogP contribution in [0.3, 0.4) is 0 Å². The number of halogens is 2. The van der Waals surface area contributed by atoms with Crippen molar-refractivity contribution in [3.8, 4) is 0 Å². The second-order valence-electron chi connectivity index (χ2n) is 4.33. The van der Waals surface area contributed by atoms with Crippen LogP contribution in [0.5, 0.6) is 0 Å². The normalized spacial score (nSPS) is 10.3. The largest absolute Gasteiger partial charge is 0.380 e. The number of nitrogens with zero attached hydrogens (tertiary/aromatic N) is 1. The molecule has 0 atom stereocenters. The summed E-state index contributed by atoms with van der Waals surface area (Å²) in [7, 11) is 0. The van der Waals surface area contributed by atoms with Gasteiger partial charge in [0.15, 0.2) is 0 Å². The van der Waals surface area contributed by atoms with Gasteiger partial charge in [0, 0.05) is 22.8 Å². The molecule has 0 radical (unpaired) electrons. The average Bonchev–Trinajstić information content (AvgIpc) is 2.41. The molecule has 0 fully saturated rings. The van der Waals surface area contributed by atoms with E-state index >= 15 is 0 Å². The van der Waals surface area contributed by atoms with Crippen LogP contribution in [-0.2, 0) is 6.54 Å². The first kappa shape index (κ1) is 14.8. The molecule has 0 aliphatic heterocycles. The Labute approximate surface area is 130 Å². The lowest BCUT2D eigenvalue weighted by molar-refractivity contribution is -0.384. The van der Waals surface area contributed by atoms with Crippen LogP contribution in [0.25, 0.3) is 0 Å². The topological polar surface area (TPSA) is 55.2 Å². The van der Waals surface area contributed by atoms with Gasteiger partial charge < -0.3 is 5.32 Å². The molecule has 0 unspecified atom stereocenters. The lowest BCUT2D eigenvalue weighted by Gasteiger charge is -2.10. The Morgan fingerprint density at radius 2 is 2.10 bits per heavy atom. The molecule has 2 aromatic carbocycles. The van der Waals surface area contributed by atoms with Gasteiger partial charge in [0.2, 0.25) is 0 Å². The van der Waals surface area contributed by atoms with Crippen molar-refractivity contribution in [2.24, 2.45) is 0 Å². The Hall–Kier alpha value is -1.59. The molecule has 0 amide bonds. The highest BCUT2D eigenvalue weighted by Crippen LogP contribution is 2.28. The number of hydrogen-bond acceptors (Lipinski definition) is 3. The highest BCUT2D eigenvalue weighted by atomic mass is 79.9. The lowest BCUT2D eigenvalue weighted by atomic mass is 10.2. The van der Waals surface area contributed by atoms with Crippen LogP contribution in [0.15, 0.2) is 40.9 Å². The van der Waals surface area contributed by atoms with Gasteiger partial charge in [-0.15, -0.1) is 0 Å². The van der Waals surface area contributed by atoms with Crippen molar-refractivity contribution in [3.05, 3.63) is 67.1 Å². The Balaban J connectivity index is 2.17. The highest BCUT2D eigenvalue weighted by Gasteiger charge is 2.12. The Morgan fingerprint density at radius 1 is 1.35 bits per heavy atom. The fourth-order valence-electron chi connectivity index (χ4n) is 1.79. The highest BCUT2D eigenvalue weighted by molar-refractivity contribution is 9.10. The third-order valence-electron chi connectivity index (χ3n) is 2.88. The number of aryl methyl sites for hydroxylation is 1. The molecule has 2 rings (SSSR count). The van der Waals surface area contributed by atoms with Crippen molar-refractivity contribution < 1.29 is 4.92 Å². The van der Waals surface area contributed by atoms with Crippen molar-refractivity contribution in [1.82, 2.24) is 0 Å². The van der Waals surface area contributed by atoms with Crippen molar-refractivity contribution in [3.63, 3.8) is 0 Å². The van der Waals surface area contributed by atoms with Crippen LogP contribution in [0.4, 0.5) is 11.4 Å². The van der Waals surface area contributed by atoms with Crippen molar-refractivity contribution >= 4 is 38.9 Å². The zero-order valence-corrected chi connectivity index (χ0v) is 13.0. The second-order valence-corrected chi connectivity index (χ2v) is 5.53. The molecule has 0 aliphatic carbocycles. The van der Waals surface area contributed by atoms with Gasteiger partial charge in [-0.25, -0.2) is 0 Å². The zero-order valence-electron chi connectivity index (χ0n) is 10.7. The van der Waals surface area contributed by atoms with Crippen LogP contribution in [-0.4, -0.2) is 4.92 Å². The van der Waals surface area contributed by atoms with Gasteiger partial charge in [0.1, 0.15) is 5.02 Å². The summed E-state index contributed by atoms with van der Waals surface area (Å²) in [5.41, 5.74) is 2.79. The Bertz CT molecular complexity index is 662. The second kappa shape index (κ2) is 6.24. The maximum Gasteiger partial charge on any atom is 0.288 e. The van der Waals surface area contributed by atoms with E-state index in [-0.39, 0.29) is 10.7 Å². The van der Waals surface area contributed by atoms with Crippen LogP contribution in [0.2, 0.25) is 5.02 Å². The minimum absolute atomic E-state index is 0.0747. The van der Waals surface area contributed by atoms with Crippen molar-refractivity contribution in [2.45, 2.75) is 13.5 Å². The van der Waals surface area contributed by atoms with E-state index in [0.29, 0.717) is 6.54 Å². The Morgan fingerprint density at radius 3 is 2.80 bits per heavy atom. The molecule has 0 spiro atoms. The lowest BCUT2D eigenvalue weighted by Crippen LogP contribution is -2.01. The molecule has 2 aromatic rings. The molecular weight excluding hydrogens is 344 g/mol. The van der Waals surface area contributed by atoms with Gasteiger partial charge in [-0.05, 0) is 46.1 Å². The smallest absolute Gasteiger partial charge is 0.288 e. The van der Waals surface area contributed by atoms with Gasteiger partial charge in [-0.1, -0.05) is 29.8 Å². The maximum absolute atomic E-state index is 10.8. The molecule has 104 valence electrons. The van der Waals surface area contributed by atoms with E-state index in [1.165, 1.54) is 6.07 Å². The molecule has 0 aliphatic rings. The van der Waals surface area contributed by atoms with Crippen molar-refractivity contribution in [2.75, 3.05) is 5.32 Å². The van der Waals surface area contributed by atoms with Crippen LogP contribution in [0, 0.1) is 17.0 Å². The minimum Gasteiger partial charge on any atom is -0.380 e. The molecule has 4 nitrogen and oxygen atoms in total.